The maximum absolute atomic E-state index is 12.7. The van der Waals surface area contributed by atoms with E-state index in [0.29, 0.717) is 43.6 Å². The van der Waals surface area contributed by atoms with Gasteiger partial charge in [0.05, 0.1) is 6.26 Å². The van der Waals surface area contributed by atoms with Gasteiger partial charge in [-0.1, -0.05) is 19.9 Å². The van der Waals surface area contributed by atoms with Gasteiger partial charge in [-0.3, -0.25) is 9.59 Å². The van der Waals surface area contributed by atoms with Crippen molar-refractivity contribution in [3.05, 3.63) is 53.5 Å². The van der Waals surface area contributed by atoms with Crippen molar-refractivity contribution >= 4 is 11.8 Å². The van der Waals surface area contributed by atoms with Crippen LogP contribution in [0.25, 0.3) is 0 Å². The average Bonchev–Trinajstić information content (AvgIpc) is 3.21. The Balaban J connectivity index is 1.54. The van der Waals surface area contributed by atoms with E-state index in [1.54, 1.807) is 28.9 Å². The number of amides is 2. The molecule has 0 radical (unpaired) electrons. The largest absolute Gasteiger partial charge is 0.481 e. The van der Waals surface area contributed by atoms with Crippen molar-refractivity contribution in [1.82, 2.24) is 9.80 Å². The fourth-order valence-corrected chi connectivity index (χ4v) is 3.57. The highest BCUT2D eigenvalue weighted by molar-refractivity contribution is 5.91. The standard InChI is InChI=1S/C22H28N2O4/c1-15(2)19-8-7-18(14-16(19)3)28-17(4)21(25)23-9-11-24(12-10-23)22(26)20-6-5-13-27-20/h5-8,13-15,17H,9-12H2,1-4H3. The van der Waals surface area contributed by atoms with Gasteiger partial charge >= 0.3 is 0 Å². The van der Waals surface area contributed by atoms with Crippen LogP contribution in [0.1, 0.15) is 48.4 Å². The fraction of sp³-hybridized carbons (Fsp3) is 0.455. The summed E-state index contributed by atoms with van der Waals surface area (Å²) in [5, 5.41) is 0. The van der Waals surface area contributed by atoms with Crippen molar-refractivity contribution in [1.29, 1.82) is 0 Å². The molecule has 6 heteroatoms. The van der Waals surface area contributed by atoms with E-state index in [1.165, 1.54) is 11.8 Å². The van der Waals surface area contributed by atoms with E-state index in [4.69, 9.17) is 9.15 Å². The molecule has 1 saturated heterocycles. The predicted octanol–water partition coefficient (Wildman–Crippen LogP) is 3.46. The molecule has 0 N–H and O–H groups in total. The van der Waals surface area contributed by atoms with Crippen LogP contribution in [0, 0.1) is 6.92 Å². The van der Waals surface area contributed by atoms with Gasteiger partial charge in [-0.25, -0.2) is 0 Å². The Kier molecular flexibility index (Phi) is 6.07. The number of hydrogen-bond donors (Lipinski definition) is 0. The summed E-state index contributed by atoms with van der Waals surface area (Å²) in [4.78, 5) is 28.5. The second-order valence-corrected chi connectivity index (χ2v) is 7.53. The van der Waals surface area contributed by atoms with Gasteiger partial charge < -0.3 is 19.0 Å². The zero-order valence-corrected chi connectivity index (χ0v) is 17.0. The minimum atomic E-state index is -0.573. The third kappa shape index (κ3) is 4.38. The van der Waals surface area contributed by atoms with Crippen molar-refractivity contribution in [3.8, 4) is 5.75 Å². The smallest absolute Gasteiger partial charge is 0.289 e. The van der Waals surface area contributed by atoms with Gasteiger partial charge in [-0.05, 0) is 55.2 Å². The highest BCUT2D eigenvalue weighted by atomic mass is 16.5. The molecule has 1 unspecified atom stereocenters. The Hall–Kier alpha value is -2.76. The zero-order chi connectivity index (χ0) is 20.3. The zero-order valence-electron chi connectivity index (χ0n) is 17.0. The van der Waals surface area contributed by atoms with Gasteiger partial charge in [0.2, 0.25) is 0 Å². The lowest BCUT2D eigenvalue weighted by Crippen LogP contribution is -2.53. The normalized spacial score (nSPS) is 15.6. The lowest BCUT2D eigenvalue weighted by atomic mass is 9.98. The van der Waals surface area contributed by atoms with Crippen LogP contribution >= 0.6 is 0 Å². The first kappa shape index (κ1) is 20.0. The molecule has 6 nitrogen and oxygen atoms in total. The molecule has 1 aromatic carbocycles. The number of aryl methyl sites for hydroxylation is 1. The van der Waals surface area contributed by atoms with Crippen molar-refractivity contribution in [3.63, 3.8) is 0 Å². The number of benzene rings is 1. The first-order chi connectivity index (χ1) is 13.4. The van der Waals surface area contributed by atoms with Gasteiger partial charge in [0.25, 0.3) is 11.8 Å². The summed E-state index contributed by atoms with van der Waals surface area (Å²) in [5.74, 6) is 1.29. The number of nitrogens with zero attached hydrogens (tertiary/aromatic N) is 2. The van der Waals surface area contributed by atoms with Gasteiger partial charge in [-0.2, -0.15) is 0 Å². The van der Waals surface area contributed by atoms with Crippen LogP contribution in [0.3, 0.4) is 0 Å². The molecular weight excluding hydrogens is 356 g/mol. The van der Waals surface area contributed by atoms with E-state index in [2.05, 4.69) is 26.8 Å². The lowest BCUT2D eigenvalue weighted by Gasteiger charge is -2.35. The van der Waals surface area contributed by atoms with Crippen LogP contribution in [0.15, 0.2) is 41.0 Å². The van der Waals surface area contributed by atoms with E-state index in [-0.39, 0.29) is 11.8 Å². The molecule has 28 heavy (non-hydrogen) atoms. The molecule has 0 spiro atoms. The summed E-state index contributed by atoms with van der Waals surface area (Å²) in [6.45, 7) is 10.1. The van der Waals surface area contributed by atoms with E-state index in [9.17, 15) is 9.59 Å². The maximum Gasteiger partial charge on any atom is 0.289 e. The number of piperazine rings is 1. The monoisotopic (exact) mass is 384 g/mol. The predicted molar refractivity (Wildman–Crippen MR) is 107 cm³/mol. The van der Waals surface area contributed by atoms with Crippen LogP contribution in [0.2, 0.25) is 0 Å². The molecule has 150 valence electrons. The molecule has 2 aromatic rings. The molecule has 2 amide bonds. The SMILES string of the molecule is Cc1cc(OC(C)C(=O)N2CCN(C(=O)c3ccco3)CC2)ccc1C(C)C. The highest BCUT2D eigenvalue weighted by Crippen LogP contribution is 2.24. The highest BCUT2D eigenvalue weighted by Gasteiger charge is 2.29. The summed E-state index contributed by atoms with van der Waals surface area (Å²) in [6, 6.07) is 9.32. The number of rotatable bonds is 5. The Morgan fingerprint density at radius 3 is 2.29 bits per heavy atom. The quantitative estimate of drug-likeness (QED) is 0.792. The third-order valence-electron chi connectivity index (χ3n) is 5.13. The molecule has 0 aliphatic carbocycles. The molecular formula is C22H28N2O4. The fourth-order valence-electron chi connectivity index (χ4n) is 3.57. The first-order valence-corrected chi connectivity index (χ1v) is 9.75. The van der Waals surface area contributed by atoms with E-state index >= 15 is 0 Å². The summed E-state index contributed by atoms with van der Waals surface area (Å²) in [7, 11) is 0. The molecule has 1 fully saturated rings. The van der Waals surface area contributed by atoms with Gasteiger partial charge in [0, 0.05) is 26.2 Å². The topological polar surface area (TPSA) is 63.0 Å². The van der Waals surface area contributed by atoms with Gasteiger partial charge in [0.15, 0.2) is 11.9 Å². The Labute approximate surface area is 166 Å². The maximum atomic E-state index is 12.7. The summed E-state index contributed by atoms with van der Waals surface area (Å²) >= 11 is 0. The van der Waals surface area contributed by atoms with Gasteiger partial charge in [0.1, 0.15) is 5.75 Å². The second-order valence-electron chi connectivity index (χ2n) is 7.53. The van der Waals surface area contributed by atoms with Crippen LogP contribution in [0.5, 0.6) is 5.75 Å². The number of carbonyl (C=O) groups excluding carboxylic acids is 2. The summed E-state index contributed by atoms with van der Waals surface area (Å²) in [6.07, 6.45) is 0.915. The Morgan fingerprint density at radius 2 is 1.71 bits per heavy atom. The third-order valence-corrected chi connectivity index (χ3v) is 5.13. The van der Waals surface area contributed by atoms with Crippen LogP contribution in [-0.4, -0.2) is 53.9 Å². The Morgan fingerprint density at radius 1 is 1.04 bits per heavy atom. The summed E-state index contributed by atoms with van der Waals surface area (Å²) in [5.41, 5.74) is 2.45. The molecule has 1 aromatic heterocycles. The Bertz CT molecular complexity index is 821. The van der Waals surface area contributed by atoms with Crippen molar-refractivity contribution in [2.24, 2.45) is 0 Å². The van der Waals surface area contributed by atoms with E-state index in [1.807, 2.05) is 12.1 Å². The van der Waals surface area contributed by atoms with Gasteiger partial charge in [-0.15, -0.1) is 0 Å². The molecule has 2 heterocycles. The first-order valence-electron chi connectivity index (χ1n) is 9.75. The van der Waals surface area contributed by atoms with Crippen molar-refractivity contribution in [2.45, 2.75) is 39.7 Å². The summed E-state index contributed by atoms with van der Waals surface area (Å²) < 4.78 is 11.1. The van der Waals surface area contributed by atoms with E-state index < -0.39 is 6.10 Å². The minimum absolute atomic E-state index is 0.0595. The number of carbonyl (C=O) groups is 2. The van der Waals surface area contributed by atoms with E-state index in [0.717, 1.165) is 5.56 Å². The molecule has 1 aliphatic heterocycles. The molecule has 0 bridgehead atoms. The van der Waals surface area contributed by atoms with Crippen molar-refractivity contribution in [2.75, 3.05) is 26.2 Å². The number of ether oxygens (including phenoxy) is 1. The average molecular weight is 384 g/mol. The number of furan rings is 1. The molecule has 1 aliphatic rings. The van der Waals surface area contributed by atoms with Crippen molar-refractivity contribution < 1.29 is 18.7 Å². The van der Waals surface area contributed by atoms with Crippen LogP contribution in [-0.2, 0) is 4.79 Å². The molecule has 3 rings (SSSR count). The van der Waals surface area contributed by atoms with Crippen LogP contribution < -0.4 is 4.74 Å². The molecule has 1 atom stereocenters. The lowest BCUT2D eigenvalue weighted by molar-refractivity contribution is -0.139. The number of hydrogen-bond acceptors (Lipinski definition) is 4. The second kappa shape index (κ2) is 8.50. The minimum Gasteiger partial charge on any atom is -0.481 e. The van der Waals surface area contributed by atoms with Crippen LogP contribution in [0.4, 0.5) is 0 Å². The molecule has 0 saturated carbocycles.